The molecular weight excluding hydrogens is 304 g/mol. The Balaban J connectivity index is 4.16. The number of nitrogens with one attached hydrogen (secondary N) is 1. The van der Waals surface area contributed by atoms with Crippen LogP contribution in [0.15, 0.2) is 12.7 Å². The number of amides is 1. The lowest BCUT2D eigenvalue weighted by Crippen LogP contribution is -2.42. The zero-order valence-electron chi connectivity index (χ0n) is 11.0. The predicted molar refractivity (Wildman–Crippen MR) is 79.3 cm³/mol. The molecule has 1 amide bonds. The normalized spacial score (nSPS) is 13.1. The van der Waals surface area contributed by atoms with Gasteiger partial charge >= 0.3 is 11.9 Å². The number of nitrogens with two attached hydrogens (primary N) is 1. The Morgan fingerprint density at radius 1 is 1.40 bits per heavy atom. The molecule has 0 heterocycles. The van der Waals surface area contributed by atoms with Gasteiger partial charge in [-0.1, -0.05) is 34.2 Å². The first kappa shape index (κ1) is 18.8. The third-order valence-corrected chi connectivity index (χ3v) is 4.34. The smallest absolute Gasteiger partial charge is 0.329 e. The number of carboxylic acids is 1. The van der Waals surface area contributed by atoms with Gasteiger partial charge < -0.3 is 20.9 Å². The SMILES string of the molecule is C=CCOC(=O)[C@@H](CSSC[C@@H](N)C(=O)O)NC(C)=O. The molecule has 114 valence electrons. The van der Waals surface area contributed by atoms with E-state index in [2.05, 4.69) is 11.9 Å². The first-order valence-corrected chi connectivity index (χ1v) is 8.14. The van der Waals surface area contributed by atoms with E-state index in [-0.39, 0.29) is 24.0 Å². The molecule has 0 radical (unpaired) electrons. The third kappa shape index (κ3) is 8.83. The van der Waals surface area contributed by atoms with Crippen molar-refractivity contribution in [1.82, 2.24) is 5.32 Å². The van der Waals surface area contributed by atoms with Crippen LogP contribution in [-0.4, -0.2) is 53.1 Å². The van der Waals surface area contributed by atoms with E-state index < -0.39 is 24.0 Å². The van der Waals surface area contributed by atoms with E-state index in [1.54, 1.807) is 0 Å². The van der Waals surface area contributed by atoms with Crippen LogP contribution in [0.4, 0.5) is 0 Å². The summed E-state index contributed by atoms with van der Waals surface area (Å²) in [6.07, 6.45) is 1.43. The fourth-order valence-corrected chi connectivity index (χ4v) is 3.23. The molecule has 0 aliphatic heterocycles. The monoisotopic (exact) mass is 322 g/mol. The number of carboxylic acid groups (broad SMARTS) is 1. The average Bonchev–Trinajstić information content (AvgIpc) is 2.38. The second-order valence-electron chi connectivity index (χ2n) is 3.69. The molecule has 0 aromatic rings. The molecule has 9 heteroatoms. The molecule has 0 bridgehead atoms. The summed E-state index contributed by atoms with van der Waals surface area (Å²) in [6.45, 7) is 4.78. The molecule has 20 heavy (non-hydrogen) atoms. The fraction of sp³-hybridized carbons (Fsp3) is 0.545. The Morgan fingerprint density at radius 3 is 2.50 bits per heavy atom. The molecular formula is C11H18N2O5S2. The van der Waals surface area contributed by atoms with Crippen molar-refractivity contribution in [3.63, 3.8) is 0 Å². The summed E-state index contributed by atoms with van der Waals surface area (Å²) in [6, 6.07) is -1.74. The Hall–Kier alpha value is -1.19. The molecule has 0 saturated carbocycles. The number of rotatable bonds is 10. The molecule has 0 unspecified atom stereocenters. The van der Waals surface area contributed by atoms with Crippen molar-refractivity contribution in [2.24, 2.45) is 5.73 Å². The van der Waals surface area contributed by atoms with Crippen molar-refractivity contribution in [3.05, 3.63) is 12.7 Å². The minimum atomic E-state index is -1.08. The lowest BCUT2D eigenvalue weighted by Gasteiger charge is -2.15. The van der Waals surface area contributed by atoms with Gasteiger partial charge in [-0.25, -0.2) is 4.79 Å². The fourth-order valence-electron chi connectivity index (χ4n) is 0.965. The maximum absolute atomic E-state index is 11.6. The first-order valence-electron chi connectivity index (χ1n) is 5.66. The van der Waals surface area contributed by atoms with E-state index in [0.29, 0.717) is 0 Å². The highest BCUT2D eigenvalue weighted by atomic mass is 33.1. The molecule has 0 saturated heterocycles. The molecule has 2 atom stereocenters. The highest BCUT2D eigenvalue weighted by Gasteiger charge is 2.21. The number of carbonyl (C=O) groups is 3. The van der Waals surface area contributed by atoms with Gasteiger partial charge in [0.15, 0.2) is 0 Å². The van der Waals surface area contributed by atoms with Gasteiger partial charge in [0.25, 0.3) is 0 Å². The summed E-state index contributed by atoms with van der Waals surface area (Å²) in [4.78, 5) is 33.2. The van der Waals surface area contributed by atoms with E-state index in [1.165, 1.54) is 34.6 Å². The second-order valence-corrected chi connectivity index (χ2v) is 6.24. The van der Waals surface area contributed by atoms with Gasteiger partial charge in [0.05, 0.1) is 0 Å². The number of ether oxygens (including phenoxy) is 1. The molecule has 0 rings (SSSR count). The van der Waals surface area contributed by atoms with Crippen molar-refractivity contribution < 1.29 is 24.2 Å². The Bertz CT molecular complexity index is 365. The summed E-state index contributed by atoms with van der Waals surface area (Å²) in [5, 5.41) is 11.1. The van der Waals surface area contributed by atoms with Gasteiger partial charge in [0.1, 0.15) is 18.7 Å². The zero-order valence-corrected chi connectivity index (χ0v) is 12.7. The topological polar surface area (TPSA) is 119 Å². The van der Waals surface area contributed by atoms with E-state index in [1.807, 2.05) is 0 Å². The highest BCUT2D eigenvalue weighted by molar-refractivity contribution is 8.76. The summed E-state index contributed by atoms with van der Waals surface area (Å²) < 4.78 is 4.86. The number of hydrogen-bond donors (Lipinski definition) is 3. The van der Waals surface area contributed by atoms with Crippen molar-refractivity contribution in [2.45, 2.75) is 19.0 Å². The van der Waals surface area contributed by atoms with Crippen LogP contribution in [0, 0.1) is 0 Å². The molecule has 0 aromatic heterocycles. The van der Waals surface area contributed by atoms with Crippen LogP contribution < -0.4 is 11.1 Å². The summed E-state index contributed by atoms with van der Waals surface area (Å²) in [5.74, 6) is -1.53. The van der Waals surface area contributed by atoms with Crippen LogP contribution in [0.1, 0.15) is 6.92 Å². The third-order valence-electron chi connectivity index (χ3n) is 1.89. The highest BCUT2D eigenvalue weighted by Crippen LogP contribution is 2.22. The van der Waals surface area contributed by atoms with Crippen molar-refractivity contribution in [1.29, 1.82) is 0 Å². The lowest BCUT2D eigenvalue weighted by atomic mass is 10.3. The number of carbonyl (C=O) groups excluding carboxylic acids is 2. The van der Waals surface area contributed by atoms with Crippen LogP contribution in [0.3, 0.4) is 0 Å². The first-order chi connectivity index (χ1) is 9.38. The predicted octanol–water partition coefficient (Wildman–Crippen LogP) is 0.0136. The van der Waals surface area contributed by atoms with Gasteiger partial charge in [-0.3, -0.25) is 9.59 Å². The molecule has 0 spiro atoms. The minimum Gasteiger partial charge on any atom is -0.480 e. The Morgan fingerprint density at radius 2 is 2.00 bits per heavy atom. The van der Waals surface area contributed by atoms with Gasteiger partial charge in [-0.15, -0.1) is 0 Å². The molecule has 0 aliphatic rings. The van der Waals surface area contributed by atoms with E-state index >= 15 is 0 Å². The van der Waals surface area contributed by atoms with E-state index in [4.69, 9.17) is 15.6 Å². The van der Waals surface area contributed by atoms with Crippen LogP contribution in [0.25, 0.3) is 0 Å². The van der Waals surface area contributed by atoms with Gasteiger partial charge in [-0.2, -0.15) is 0 Å². The second kappa shape index (κ2) is 10.6. The van der Waals surface area contributed by atoms with E-state index in [9.17, 15) is 14.4 Å². The maximum atomic E-state index is 11.6. The molecule has 0 aromatic carbocycles. The number of esters is 1. The molecule has 0 fully saturated rings. The van der Waals surface area contributed by atoms with Crippen LogP contribution >= 0.6 is 21.6 Å². The maximum Gasteiger partial charge on any atom is 0.329 e. The van der Waals surface area contributed by atoms with Crippen LogP contribution in [0.5, 0.6) is 0 Å². The number of hydrogen-bond acceptors (Lipinski definition) is 7. The van der Waals surface area contributed by atoms with Crippen molar-refractivity contribution >= 4 is 39.4 Å². The average molecular weight is 322 g/mol. The summed E-state index contributed by atoms with van der Waals surface area (Å²) in [5.41, 5.74) is 5.33. The lowest BCUT2D eigenvalue weighted by molar-refractivity contribution is -0.145. The molecule has 0 aliphatic carbocycles. The minimum absolute atomic E-state index is 0.0661. The van der Waals surface area contributed by atoms with Crippen LogP contribution in [-0.2, 0) is 19.1 Å². The van der Waals surface area contributed by atoms with Gasteiger partial charge in [-0.05, 0) is 0 Å². The van der Waals surface area contributed by atoms with E-state index in [0.717, 1.165) is 0 Å². The van der Waals surface area contributed by atoms with Gasteiger partial charge in [0.2, 0.25) is 5.91 Å². The number of aliphatic carboxylic acids is 1. The van der Waals surface area contributed by atoms with Crippen molar-refractivity contribution in [2.75, 3.05) is 18.1 Å². The summed E-state index contributed by atoms with van der Waals surface area (Å²) >= 11 is 0. The van der Waals surface area contributed by atoms with Gasteiger partial charge in [0, 0.05) is 18.4 Å². The molecule has 4 N–H and O–H groups in total. The molecule has 7 nitrogen and oxygen atoms in total. The zero-order chi connectivity index (χ0) is 15.5. The Labute approximate surface area is 125 Å². The largest absolute Gasteiger partial charge is 0.480 e. The summed E-state index contributed by atoms with van der Waals surface area (Å²) in [7, 11) is 2.46. The quantitative estimate of drug-likeness (QED) is 0.223. The Kier molecular flexibility index (Phi) is 9.95. The van der Waals surface area contributed by atoms with Crippen molar-refractivity contribution in [3.8, 4) is 0 Å². The standard InChI is InChI=1S/C11H18N2O5S2/c1-3-4-18-11(17)9(13-7(2)14)6-20-19-5-8(12)10(15)16/h3,8-9H,1,4-6,12H2,2H3,(H,13,14)(H,15,16)/t8-,9-/m1/s1. The van der Waals surface area contributed by atoms with Crippen LogP contribution in [0.2, 0.25) is 0 Å².